The van der Waals surface area contributed by atoms with Crippen LogP contribution in [0, 0.1) is 0 Å². The van der Waals surface area contributed by atoms with Crippen LogP contribution in [0.5, 0.6) is 0 Å². The lowest BCUT2D eigenvalue weighted by atomic mass is 9.91. The molecule has 1 aliphatic carbocycles. The SMILES string of the molecule is O=C(O)Cc1ccccc1-c1cccc2c1Cc1ccccc1-2. The van der Waals surface area contributed by atoms with Gasteiger partial charge in [0.25, 0.3) is 0 Å². The second-order valence-electron chi connectivity index (χ2n) is 5.89. The topological polar surface area (TPSA) is 37.3 Å². The molecule has 2 heteroatoms. The molecule has 1 aliphatic rings. The van der Waals surface area contributed by atoms with Gasteiger partial charge in [-0.25, -0.2) is 0 Å². The quantitative estimate of drug-likeness (QED) is 0.602. The lowest BCUT2D eigenvalue weighted by Crippen LogP contribution is -2.02. The van der Waals surface area contributed by atoms with Gasteiger partial charge in [0.1, 0.15) is 0 Å². The molecule has 3 aromatic rings. The molecule has 3 aromatic carbocycles. The van der Waals surface area contributed by atoms with Gasteiger partial charge in [0.15, 0.2) is 0 Å². The van der Waals surface area contributed by atoms with Gasteiger partial charge < -0.3 is 5.11 Å². The molecule has 0 radical (unpaired) electrons. The molecular formula is C21H16O2. The molecule has 0 heterocycles. The lowest BCUT2D eigenvalue weighted by Gasteiger charge is -2.12. The number of aliphatic carboxylic acids is 1. The van der Waals surface area contributed by atoms with E-state index in [1.165, 1.54) is 22.3 Å². The summed E-state index contributed by atoms with van der Waals surface area (Å²) in [5, 5.41) is 9.17. The first-order valence-corrected chi connectivity index (χ1v) is 7.74. The highest BCUT2D eigenvalue weighted by Gasteiger charge is 2.22. The first kappa shape index (κ1) is 13.8. The van der Waals surface area contributed by atoms with Gasteiger partial charge in [-0.05, 0) is 45.4 Å². The third-order valence-electron chi connectivity index (χ3n) is 4.50. The molecule has 4 rings (SSSR count). The van der Waals surface area contributed by atoms with Crippen molar-refractivity contribution < 1.29 is 9.90 Å². The first-order chi connectivity index (χ1) is 11.2. The summed E-state index contributed by atoms with van der Waals surface area (Å²) >= 11 is 0. The Hall–Kier alpha value is -2.87. The Balaban J connectivity index is 1.89. The van der Waals surface area contributed by atoms with Gasteiger partial charge in [-0.1, -0.05) is 66.7 Å². The molecule has 23 heavy (non-hydrogen) atoms. The molecule has 0 fully saturated rings. The van der Waals surface area contributed by atoms with Crippen LogP contribution < -0.4 is 0 Å². The molecule has 0 saturated carbocycles. The molecule has 0 atom stereocenters. The van der Waals surface area contributed by atoms with E-state index in [0.717, 1.165) is 23.1 Å². The zero-order valence-electron chi connectivity index (χ0n) is 12.6. The van der Waals surface area contributed by atoms with E-state index in [0.29, 0.717) is 0 Å². The Bertz CT molecular complexity index is 909. The van der Waals surface area contributed by atoms with Gasteiger partial charge in [0.05, 0.1) is 6.42 Å². The van der Waals surface area contributed by atoms with Gasteiger partial charge in [0.2, 0.25) is 0 Å². The van der Waals surface area contributed by atoms with Crippen molar-refractivity contribution >= 4 is 5.97 Å². The third-order valence-corrected chi connectivity index (χ3v) is 4.50. The molecule has 1 N–H and O–H groups in total. The van der Waals surface area contributed by atoms with Crippen molar-refractivity contribution in [3.8, 4) is 22.3 Å². The summed E-state index contributed by atoms with van der Waals surface area (Å²) in [6, 6.07) is 22.6. The minimum absolute atomic E-state index is 0.0484. The van der Waals surface area contributed by atoms with Crippen LogP contribution in [0.1, 0.15) is 16.7 Å². The Kier molecular flexibility index (Phi) is 3.23. The number of carboxylic acid groups (broad SMARTS) is 1. The van der Waals surface area contributed by atoms with E-state index in [-0.39, 0.29) is 6.42 Å². The third kappa shape index (κ3) is 2.33. The number of rotatable bonds is 3. The van der Waals surface area contributed by atoms with E-state index in [4.69, 9.17) is 0 Å². The van der Waals surface area contributed by atoms with Crippen molar-refractivity contribution in [2.75, 3.05) is 0 Å². The Morgan fingerprint density at radius 1 is 0.783 bits per heavy atom. The largest absolute Gasteiger partial charge is 0.481 e. The minimum atomic E-state index is -0.798. The smallest absolute Gasteiger partial charge is 0.307 e. The van der Waals surface area contributed by atoms with Crippen molar-refractivity contribution in [1.82, 2.24) is 0 Å². The van der Waals surface area contributed by atoms with Crippen LogP contribution in [0.4, 0.5) is 0 Å². The summed E-state index contributed by atoms with van der Waals surface area (Å²) in [6.07, 6.45) is 0.954. The monoisotopic (exact) mass is 300 g/mol. The molecule has 0 bridgehead atoms. The van der Waals surface area contributed by atoms with Crippen molar-refractivity contribution in [3.05, 3.63) is 83.4 Å². The van der Waals surface area contributed by atoms with Crippen molar-refractivity contribution in [2.24, 2.45) is 0 Å². The van der Waals surface area contributed by atoms with E-state index < -0.39 is 5.97 Å². The lowest BCUT2D eigenvalue weighted by molar-refractivity contribution is -0.136. The molecule has 112 valence electrons. The molecule has 0 amide bonds. The van der Waals surface area contributed by atoms with E-state index in [1.54, 1.807) is 0 Å². The second kappa shape index (κ2) is 5.40. The maximum absolute atomic E-state index is 11.2. The van der Waals surface area contributed by atoms with E-state index in [1.807, 2.05) is 24.3 Å². The van der Waals surface area contributed by atoms with E-state index >= 15 is 0 Å². The van der Waals surface area contributed by atoms with Gasteiger partial charge >= 0.3 is 5.97 Å². The Morgan fingerprint density at radius 3 is 2.17 bits per heavy atom. The second-order valence-corrected chi connectivity index (χ2v) is 5.89. The predicted octanol–water partition coefficient (Wildman–Crippen LogP) is 4.55. The van der Waals surface area contributed by atoms with E-state index in [9.17, 15) is 9.90 Å². The summed E-state index contributed by atoms with van der Waals surface area (Å²) in [4.78, 5) is 11.2. The van der Waals surface area contributed by atoms with Crippen LogP contribution >= 0.6 is 0 Å². The minimum Gasteiger partial charge on any atom is -0.481 e. The molecule has 2 nitrogen and oxygen atoms in total. The zero-order valence-corrected chi connectivity index (χ0v) is 12.6. The summed E-state index contributed by atoms with van der Waals surface area (Å²) in [7, 11) is 0. The number of carboxylic acids is 1. The number of carbonyl (C=O) groups is 1. The van der Waals surface area contributed by atoms with Crippen molar-refractivity contribution in [1.29, 1.82) is 0 Å². The summed E-state index contributed by atoms with van der Waals surface area (Å²) in [5.74, 6) is -0.798. The van der Waals surface area contributed by atoms with E-state index in [2.05, 4.69) is 42.5 Å². The van der Waals surface area contributed by atoms with Gasteiger partial charge in [-0.15, -0.1) is 0 Å². The highest BCUT2D eigenvalue weighted by atomic mass is 16.4. The number of hydrogen-bond donors (Lipinski definition) is 1. The van der Waals surface area contributed by atoms with Gasteiger partial charge in [0, 0.05) is 0 Å². The maximum Gasteiger partial charge on any atom is 0.307 e. The average molecular weight is 300 g/mol. The standard InChI is InChI=1S/C21H16O2/c22-21(23)13-15-7-2-4-9-17(15)19-11-5-10-18-16-8-3-1-6-14(16)12-20(18)19/h1-11H,12-13H2,(H,22,23). The predicted molar refractivity (Wildman–Crippen MR) is 91.5 cm³/mol. The molecule has 0 aliphatic heterocycles. The molecule has 0 spiro atoms. The average Bonchev–Trinajstić information content (AvgIpc) is 2.94. The Labute approximate surface area is 135 Å². The molecule has 0 aromatic heterocycles. The van der Waals surface area contributed by atoms with Crippen LogP contribution in [-0.2, 0) is 17.6 Å². The summed E-state index contributed by atoms with van der Waals surface area (Å²) in [6.45, 7) is 0. The maximum atomic E-state index is 11.2. The van der Waals surface area contributed by atoms with Crippen LogP contribution in [0.25, 0.3) is 22.3 Å². The molecular weight excluding hydrogens is 284 g/mol. The van der Waals surface area contributed by atoms with Crippen LogP contribution in [0.2, 0.25) is 0 Å². The highest BCUT2D eigenvalue weighted by Crippen LogP contribution is 2.42. The molecule has 0 saturated heterocycles. The fraction of sp³-hybridized carbons (Fsp3) is 0.0952. The van der Waals surface area contributed by atoms with Crippen LogP contribution in [-0.4, -0.2) is 11.1 Å². The highest BCUT2D eigenvalue weighted by molar-refractivity contribution is 5.86. The first-order valence-electron chi connectivity index (χ1n) is 7.74. The van der Waals surface area contributed by atoms with Crippen molar-refractivity contribution in [3.63, 3.8) is 0 Å². The fourth-order valence-electron chi connectivity index (χ4n) is 3.51. The number of fused-ring (bicyclic) bond motifs is 3. The number of benzene rings is 3. The summed E-state index contributed by atoms with van der Waals surface area (Å²) < 4.78 is 0. The zero-order chi connectivity index (χ0) is 15.8. The normalized spacial score (nSPS) is 11.8. The van der Waals surface area contributed by atoms with Crippen LogP contribution in [0.3, 0.4) is 0 Å². The van der Waals surface area contributed by atoms with Crippen LogP contribution in [0.15, 0.2) is 66.7 Å². The van der Waals surface area contributed by atoms with Gasteiger partial charge in [-0.3, -0.25) is 4.79 Å². The number of hydrogen-bond acceptors (Lipinski definition) is 1. The van der Waals surface area contributed by atoms with Gasteiger partial charge in [-0.2, -0.15) is 0 Å². The Morgan fingerprint density at radius 2 is 1.39 bits per heavy atom. The molecule has 0 unspecified atom stereocenters. The fourth-order valence-corrected chi connectivity index (χ4v) is 3.51. The summed E-state index contributed by atoms with van der Waals surface area (Å²) in [5.41, 5.74) is 8.24. The van der Waals surface area contributed by atoms with Crippen molar-refractivity contribution in [2.45, 2.75) is 12.8 Å².